The number of ether oxygens (including phenoxy) is 1. The van der Waals surface area contributed by atoms with Crippen molar-refractivity contribution in [3.8, 4) is 5.75 Å². The summed E-state index contributed by atoms with van der Waals surface area (Å²) < 4.78 is 5.26. The Hall–Kier alpha value is -1.59. The zero-order valence-corrected chi connectivity index (χ0v) is 13.6. The minimum Gasteiger partial charge on any atom is -0.497 e. The summed E-state index contributed by atoms with van der Waals surface area (Å²) in [5, 5.41) is 2.90. The first-order valence-electron chi connectivity index (χ1n) is 7.41. The molecule has 1 aliphatic rings. The maximum atomic E-state index is 5.26. The molecule has 0 saturated carbocycles. The lowest BCUT2D eigenvalue weighted by Gasteiger charge is -2.19. The number of allylic oxidation sites excluding steroid dienone is 6. The highest BCUT2D eigenvalue weighted by Crippen LogP contribution is 2.48. The van der Waals surface area contributed by atoms with Crippen molar-refractivity contribution in [1.82, 2.24) is 0 Å². The van der Waals surface area contributed by atoms with Gasteiger partial charge in [-0.3, -0.25) is 0 Å². The van der Waals surface area contributed by atoms with Crippen LogP contribution in [0.5, 0.6) is 5.75 Å². The van der Waals surface area contributed by atoms with Gasteiger partial charge in [0.05, 0.1) is 7.11 Å². The van der Waals surface area contributed by atoms with Crippen LogP contribution in [-0.4, -0.2) is 7.11 Å². The minimum atomic E-state index is -0.424. The van der Waals surface area contributed by atoms with Crippen molar-refractivity contribution in [2.24, 2.45) is 0 Å². The molecule has 1 atom stereocenters. The lowest BCUT2D eigenvalue weighted by molar-refractivity contribution is 0.415. The van der Waals surface area contributed by atoms with Gasteiger partial charge in [0.2, 0.25) is 0 Å². The molecule has 0 saturated heterocycles. The third-order valence-electron chi connectivity index (χ3n) is 3.48. The SMILES string of the molecule is C=C/C=C/P(/C1=C/CCC/C=C\C1)c1ccc(OC)cc1. The Morgan fingerprint density at radius 3 is 2.67 bits per heavy atom. The van der Waals surface area contributed by atoms with E-state index in [1.165, 1.54) is 29.9 Å². The fourth-order valence-corrected chi connectivity index (χ4v) is 4.43. The van der Waals surface area contributed by atoms with Crippen molar-refractivity contribution in [3.05, 3.63) is 72.4 Å². The number of methoxy groups -OCH3 is 1. The van der Waals surface area contributed by atoms with Crippen molar-refractivity contribution in [2.45, 2.75) is 25.7 Å². The van der Waals surface area contributed by atoms with Gasteiger partial charge in [0.25, 0.3) is 0 Å². The molecular formula is C19H23OP. The molecule has 2 rings (SSSR count). The molecule has 1 aliphatic carbocycles. The number of rotatable bonds is 5. The first-order valence-corrected chi connectivity index (χ1v) is 8.83. The molecular weight excluding hydrogens is 275 g/mol. The third kappa shape index (κ3) is 4.72. The molecule has 0 spiro atoms. The van der Waals surface area contributed by atoms with E-state index in [0.29, 0.717) is 0 Å². The summed E-state index contributed by atoms with van der Waals surface area (Å²) in [4.78, 5) is 0. The van der Waals surface area contributed by atoms with Crippen LogP contribution in [0.15, 0.2) is 72.4 Å². The predicted molar refractivity (Wildman–Crippen MR) is 94.6 cm³/mol. The smallest absolute Gasteiger partial charge is 0.118 e. The molecule has 0 N–H and O–H groups in total. The second-order valence-electron chi connectivity index (χ2n) is 4.95. The Bertz CT molecular complexity index is 537. The molecule has 1 unspecified atom stereocenters. The lowest BCUT2D eigenvalue weighted by Crippen LogP contribution is -2.01. The largest absolute Gasteiger partial charge is 0.497 e. The fourth-order valence-electron chi connectivity index (χ4n) is 2.34. The molecule has 110 valence electrons. The van der Waals surface area contributed by atoms with Crippen LogP contribution in [-0.2, 0) is 0 Å². The van der Waals surface area contributed by atoms with Gasteiger partial charge in [-0.2, -0.15) is 0 Å². The van der Waals surface area contributed by atoms with Gasteiger partial charge < -0.3 is 4.74 Å². The van der Waals surface area contributed by atoms with Crippen LogP contribution in [0.4, 0.5) is 0 Å². The second kappa shape index (κ2) is 8.64. The summed E-state index contributed by atoms with van der Waals surface area (Å²) in [6.45, 7) is 3.80. The van der Waals surface area contributed by atoms with E-state index in [-0.39, 0.29) is 0 Å². The fraction of sp³-hybridized carbons (Fsp3) is 0.263. The van der Waals surface area contributed by atoms with E-state index in [2.05, 4.69) is 48.8 Å². The molecule has 0 fully saturated rings. The number of benzene rings is 1. The normalized spacial score (nSPS) is 20.9. The summed E-state index contributed by atoms with van der Waals surface area (Å²) in [6.07, 6.45) is 15.7. The van der Waals surface area contributed by atoms with Crippen molar-refractivity contribution < 1.29 is 4.74 Å². The van der Waals surface area contributed by atoms with Crippen LogP contribution in [0, 0.1) is 0 Å². The topological polar surface area (TPSA) is 9.23 Å². The molecule has 1 nitrogen and oxygen atoms in total. The maximum absolute atomic E-state index is 5.26. The van der Waals surface area contributed by atoms with Gasteiger partial charge in [-0.1, -0.05) is 54.9 Å². The molecule has 2 heteroatoms. The van der Waals surface area contributed by atoms with Gasteiger partial charge in [0, 0.05) is 0 Å². The van der Waals surface area contributed by atoms with E-state index in [9.17, 15) is 0 Å². The van der Waals surface area contributed by atoms with Crippen LogP contribution in [0.25, 0.3) is 0 Å². The summed E-state index contributed by atoms with van der Waals surface area (Å²) in [7, 11) is 1.28. The van der Waals surface area contributed by atoms with Gasteiger partial charge in [-0.05, 0) is 56.4 Å². The predicted octanol–water partition coefficient (Wildman–Crippen LogP) is 5.52. The first-order chi connectivity index (χ1) is 10.3. The second-order valence-corrected chi connectivity index (χ2v) is 7.08. The van der Waals surface area contributed by atoms with Crippen LogP contribution in [0.2, 0.25) is 0 Å². The molecule has 1 aromatic rings. The Morgan fingerprint density at radius 1 is 1.14 bits per heavy atom. The van der Waals surface area contributed by atoms with Crippen molar-refractivity contribution in [1.29, 1.82) is 0 Å². The summed E-state index contributed by atoms with van der Waals surface area (Å²) in [6, 6.07) is 8.46. The Balaban J connectivity index is 2.29. The monoisotopic (exact) mass is 298 g/mol. The van der Waals surface area contributed by atoms with Gasteiger partial charge in [0.1, 0.15) is 5.75 Å². The van der Waals surface area contributed by atoms with Crippen molar-refractivity contribution in [3.63, 3.8) is 0 Å². The molecule has 0 bridgehead atoms. The lowest BCUT2D eigenvalue weighted by atomic mass is 10.1. The summed E-state index contributed by atoms with van der Waals surface area (Å²) >= 11 is 0. The summed E-state index contributed by atoms with van der Waals surface area (Å²) in [5.41, 5.74) is 0. The van der Waals surface area contributed by atoms with E-state index in [1.807, 2.05) is 18.2 Å². The van der Waals surface area contributed by atoms with Crippen LogP contribution in [0.3, 0.4) is 0 Å². The average Bonchev–Trinajstić information content (AvgIpc) is 2.49. The van der Waals surface area contributed by atoms with Crippen molar-refractivity contribution in [2.75, 3.05) is 7.11 Å². The first kappa shape index (κ1) is 15.8. The highest BCUT2D eigenvalue weighted by molar-refractivity contribution is 7.72. The molecule has 1 aromatic carbocycles. The molecule has 0 heterocycles. The van der Waals surface area contributed by atoms with Gasteiger partial charge in [0.15, 0.2) is 0 Å². The number of hydrogen-bond donors (Lipinski definition) is 0. The minimum absolute atomic E-state index is 0.424. The Morgan fingerprint density at radius 2 is 1.95 bits per heavy atom. The van der Waals surface area contributed by atoms with Gasteiger partial charge in [-0.15, -0.1) is 0 Å². The highest BCUT2D eigenvalue weighted by atomic mass is 31.1. The number of hydrogen-bond acceptors (Lipinski definition) is 1. The zero-order chi connectivity index (χ0) is 14.9. The maximum Gasteiger partial charge on any atom is 0.118 e. The van der Waals surface area contributed by atoms with E-state index in [1.54, 1.807) is 7.11 Å². The van der Waals surface area contributed by atoms with Crippen LogP contribution < -0.4 is 10.0 Å². The van der Waals surface area contributed by atoms with Gasteiger partial charge in [-0.25, -0.2) is 0 Å². The van der Waals surface area contributed by atoms with Gasteiger partial charge >= 0.3 is 0 Å². The standard InChI is InChI=1S/C19H23OP/c1-3-4-16-21(18-10-8-6-5-7-9-11-18)19-14-12-17(20-2)13-15-19/h3-4,6,8,11-16H,1,5,7,9-10H2,2H3/b8-6-,16-4+,18-11+. The van der Waals surface area contributed by atoms with E-state index >= 15 is 0 Å². The Kier molecular flexibility index (Phi) is 6.50. The van der Waals surface area contributed by atoms with E-state index in [0.717, 1.165) is 12.2 Å². The molecule has 21 heavy (non-hydrogen) atoms. The molecule has 0 radical (unpaired) electrons. The quantitative estimate of drug-likeness (QED) is 0.395. The van der Waals surface area contributed by atoms with Crippen LogP contribution in [0.1, 0.15) is 25.7 Å². The zero-order valence-electron chi connectivity index (χ0n) is 12.7. The highest BCUT2D eigenvalue weighted by Gasteiger charge is 2.13. The summed E-state index contributed by atoms with van der Waals surface area (Å²) in [5.74, 6) is 3.21. The van der Waals surface area contributed by atoms with E-state index < -0.39 is 7.92 Å². The third-order valence-corrected chi connectivity index (χ3v) is 5.79. The molecule has 0 amide bonds. The Labute approximate surface area is 129 Å². The van der Waals surface area contributed by atoms with Crippen molar-refractivity contribution >= 4 is 13.2 Å². The molecule has 0 aliphatic heterocycles. The molecule has 0 aromatic heterocycles. The average molecular weight is 298 g/mol. The van der Waals surface area contributed by atoms with E-state index in [4.69, 9.17) is 4.74 Å². The van der Waals surface area contributed by atoms with Crippen LogP contribution >= 0.6 is 7.92 Å².